The molecule has 2 rings (SSSR count). The van der Waals surface area contributed by atoms with Gasteiger partial charge >= 0.3 is 0 Å². The van der Waals surface area contributed by atoms with Crippen LogP contribution in [0.2, 0.25) is 0 Å². The molecule has 1 aliphatic heterocycles. The van der Waals surface area contributed by atoms with E-state index in [0.717, 1.165) is 27.1 Å². The van der Waals surface area contributed by atoms with Crippen LogP contribution in [0.5, 0.6) is 0 Å². The number of thioether (sulfide) groups is 1. The molecule has 0 saturated heterocycles. The van der Waals surface area contributed by atoms with Gasteiger partial charge in [0.1, 0.15) is 0 Å². The van der Waals surface area contributed by atoms with Crippen molar-refractivity contribution in [2.75, 3.05) is 50.7 Å². The number of hydrogen-bond acceptors (Lipinski definition) is 5. The van der Waals surface area contributed by atoms with Crippen LogP contribution in [0.3, 0.4) is 0 Å². The molecular formula is C16H22BrNO4S. The number of rotatable bonds is 12. The van der Waals surface area contributed by atoms with Gasteiger partial charge in [-0.2, -0.15) is 0 Å². The van der Waals surface area contributed by atoms with Gasteiger partial charge in [0.05, 0.1) is 39.6 Å². The third-order valence-electron chi connectivity index (χ3n) is 3.25. The molecule has 0 saturated carbocycles. The van der Waals surface area contributed by atoms with Gasteiger partial charge in [0, 0.05) is 28.1 Å². The number of alkyl halides is 1. The zero-order valence-electron chi connectivity index (χ0n) is 13.0. The molecule has 0 aromatic heterocycles. The molecule has 1 heterocycles. The first kappa shape index (κ1) is 18.7. The molecule has 0 aliphatic carbocycles. The Labute approximate surface area is 149 Å². The highest BCUT2D eigenvalue weighted by Gasteiger charge is 2.20. The third-order valence-corrected chi connectivity index (χ3v) is 4.64. The van der Waals surface area contributed by atoms with Gasteiger partial charge in [-0.25, -0.2) is 0 Å². The highest BCUT2D eigenvalue weighted by Crippen LogP contribution is 2.28. The molecule has 7 heteroatoms. The third kappa shape index (κ3) is 6.43. The Kier molecular flexibility index (Phi) is 8.99. The van der Waals surface area contributed by atoms with Crippen LogP contribution in [0.4, 0.5) is 0 Å². The maximum atomic E-state index is 11.6. The number of nitrogens with one attached hydrogen (secondary N) is 1. The molecule has 1 amide bonds. The lowest BCUT2D eigenvalue weighted by molar-refractivity contribution is 0.0206. The Morgan fingerprint density at radius 2 is 1.74 bits per heavy atom. The van der Waals surface area contributed by atoms with Gasteiger partial charge in [0.25, 0.3) is 5.91 Å². The number of ether oxygens (including phenoxy) is 3. The van der Waals surface area contributed by atoms with Crippen molar-refractivity contribution in [2.45, 2.75) is 11.4 Å². The zero-order chi connectivity index (χ0) is 16.3. The fraction of sp³-hybridized carbons (Fsp3) is 0.562. The predicted molar refractivity (Wildman–Crippen MR) is 94.6 cm³/mol. The Morgan fingerprint density at radius 1 is 1.04 bits per heavy atom. The predicted octanol–water partition coefficient (Wildman–Crippen LogP) is 2.47. The minimum absolute atomic E-state index is 0.0240. The van der Waals surface area contributed by atoms with Crippen molar-refractivity contribution < 1.29 is 19.0 Å². The van der Waals surface area contributed by atoms with Crippen LogP contribution in [0.1, 0.15) is 15.9 Å². The summed E-state index contributed by atoms with van der Waals surface area (Å²) >= 11 is 5.02. The molecule has 0 unspecified atom stereocenters. The van der Waals surface area contributed by atoms with E-state index < -0.39 is 0 Å². The molecule has 23 heavy (non-hydrogen) atoms. The van der Waals surface area contributed by atoms with Crippen LogP contribution in [0.25, 0.3) is 0 Å². The van der Waals surface area contributed by atoms with E-state index in [4.69, 9.17) is 14.2 Å². The summed E-state index contributed by atoms with van der Waals surface area (Å²) in [6.45, 7) is 4.40. The lowest BCUT2D eigenvalue weighted by atomic mass is 10.1. The summed E-state index contributed by atoms with van der Waals surface area (Å²) in [4.78, 5) is 12.8. The normalized spacial score (nSPS) is 13.2. The van der Waals surface area contributed by atoms with Gasteiger partial charge in [-0.3, -0.25) is 4.79 Å². The number of fused-ring (bicyclic) bond motifs is 1. The lowest BCUT2D eigenvalue weighted by Gasteiger charge is -2.08. The Bertz CT molecular complexity index is 501. The molecule has 0 spiro atoms. The molecule has 1 aromatic rings. The van der Waals surface area contributed by atoms with E-state index in [9.17, 15) is 4.79 Å². The first-order chi connectivity index (χ1) is 11.3. The van der Waals surface area contributed by atoms with Crippen LogP contribution >= 0.6 is 27.7 Å². The van der Waals surface area contributed by atoms with Crippen molar-refractivity contribution in [1.82, 2.24) is 5.32 Å². The van der Waals surface area contributed by atoms with Gasteiger partial charge in [0.15, 0.2) is 0 Å². The Balaban J connectivity index is 1.51. The van der Waals surface area contributed by atoms with Gasteiger partial charge in [-0.15, -0.1) is 11.8 Å². The van der Waals surface area contributed by atoms with Crippen LogP contribution < -0.4 is 5.32 Å². The lowest BCUT2D eigenvalue weighted by Crippen LogP contribution is -2.12. The van der Waals surface area contributed by atoms with Crippen molar-refractivity contribution in [1.29, 1.82) is 0 Å². The number of hydrogen-bond donors (Lipinski definition) is 1. The zero-order valence-corrected chi connectivity index (χ0v) is 15.4. The van der Waals surface area contributed by atoms with Crippen molar-refractivity contribution in [2.24, 2.45) is 0 Å². The number of benzene rings is 1. The monoisotopic (exact) mass is 403 g/mol. The largest absolute Gasteiger partial charge is 0.378 e. The highest BCUT2D eigenvalue weighted by molar-refractivity contribution is 9.09. The molecule has 0 atom stereocenters. The minimum atomic E-state index is 0.0240. The summed E-state index contributed by atoms with van der Waals surface area (Å²) in [5, 5.41) is 3.71. The Hall–Kier alpha value is -0.600. The maximum Gasteiger partial charge on any atom is 0.251 e. The average molecular weight is 404 g/mol. The van der Waals surface area contributed by atoms with Gasteiger partial charge < -0.3 is 19.5 Å². The van der Waals surface area contributed by atoms with Gasteiger partial charge in [0.2, 0.25) is 0 Å². The highest BCUT2D eigenvalue weighted by atomic mass is 79.9. The second-order valence-electron chi connectivity index (χ2n) is 4.84. The molecular weight excluding hydrogens is 382 g/mol. The number of amides is 1. The minimum Gasteiger partial charge on any atom is -0.378 e. The van der Waals surface area contributed by atoms with E-state index in [1.807, 2.05) is 12.1 Å². The van der Waals surface area contributed by atoms with Gasteiger partial charge in [-0.05, 0) is 17.7 Å². The molecule has 0 bridgehead atoms. The van der Waals surface area contributed by atoms with Crippen LogP contribution in [0.15, 0.2) is 23.1 Å². The summed E-state index contributed by atoms with van der Waals surface area (Å²) in [6, 6.07) is 5.86. The molecule has 5 nitrogen and oxygen atoms in total. The van der Waals surface area contributed by atoms with E-state index in [1.54, 1.807) is 11.8 Å². The van der Waals surface area contributed by atoms with Crippen molar-refractivity contribution in [3.63, 3.8) is 0 Å². The van der Waals surface area contributed by atoms with Gasteiger partial charge in [-0.1, -0.05) is 22.0 Å². The van der Waals surface area contributed by atoms with E-state index in [-0.39, 0.29) is 5.91 Å². The quantitative estimate of drug-likeness (QED) is 0.330. The van der Waals surface area contributed by atoms with E-state index in [2.05, 4.69) is 27.3 Å². The molecule has 1 aliphatic rings. The second kappa shape index (κ2) is 11.0. The summed E-state index contributed by atoms with van der Waals surface area (Å²) < 4.78 is 16.2. The smallest absolute Gasteiger partial charge is 0.251 e. The van der Waals surface area contributed by atoms with Crippen molar-refractivity contribution in [3.05, 3.63) is 29.3 Å². The number of carbonyl (C=O) groups is 1. The van der Waals surface area contributed by atoms with Crippen LogP contribution in [-0.4, -0.2) is 56.6 Å². The molecule has 0 radical (unpaired) electrons. The SMILES string of the molecule is O=C1NCc2c(SCCOCCOCCOCCBr)cccc21. The molecule has 0 fully saturated rings. The standard InChI is InChI=1S/C16H22BrNO4S/c17-4-5-20-6-7-21-8-9-22-10-11-23-15-3-1-2-13-14(15)12-18-16(13)19/h1-3H,4-12H2,(H,18,19). The summed E-state index contributed by atoms with van der Waals surface area (Å²) in [7, 11) is 0. The second-order valence-corrected chi connectivity index (χ2v) is 6.77. The number of halogens is 1. The van der Waals surface area contributed by atoms with E-state index in [0.29, 0.717) is 46.2 Å². The first-order valence-electron chi connectivity index (χ1n) is 7.65. The van der Waals surface area contributed by atoms with E-state index >= 15 is 0 Å². The Morgan fingerprint density at radius 3 is 2.48 bits per heavy atom. The topological polar surface area (TPSA) is 56.8 Å². The molecule has 1 aromatic carbocycles. The van der Waals surface area contributed by atoms with Crippen LogP contribution in [0, 0.1) is 0 Å². The fourth-order valence-electron chi connectivity index (χ4n) is 2.17. The summed E-state index contributed by atoms with van der Waals surface area (Å²) in [5.41, 5.74) is 1.90. The molecule has 128 valence electrons. The fourth-order valence-corrected chi connectivity index (χ4v) is 3.35. The van der Waals surface area contributed by atoms with E-state index in [1.165, 1.54) is 0 Å². The summed E-state index contributed by atoms with van der Waals surface area (Å²) in [6.07, 6.45) is 0. The van der Waals surface area contributed by atoms with Crippen molar-refractivity contribution in [3.8, 4) is 0 Å². The first-order valence-corrected chi connectivity index (χ1v) is 9.75. The number of carbonyl (C=O) groups excluding carboxylic acids is 1. The average Bonchev–Trinajstić information content (AvgIpc) is 2.95. The summed E-state index contributed by atoms with van der Waals surface area (Å²) in [5.74, 6) is 0.884. The molecule has 1 N–H and O–H groups in total. The van der Waals surface area contributed by atoms with Crippen molar-refractivity contribution >= 4 is 33.6 Å². The van der Waals surface area contributed by atoms with Crippen LogP contribution in [-0.2, 0) is 20.8 Å². The maximum absolute atomic E-state index is 11.6.